The lowest BCUT2D eigenvalue weighted by molar-refractivity contribution is -0.171. The first-order valence-corrected chi connectivity index (χ1v) is 13.7. The second kappa shape index (κ2) is 9.37. The summed E-state index contributed by atoms with van der Waals surface area (Å²) in [6.07, 6.45) is 5.38. The van der Waals surface area contributed by atoms with Crippen LogP contribution in [0.1, 0.15) is 95.1 Å². The molecule has 0 bridgehead atoms. The number of Topliss-reactive ketones (excluding diaryl/α,β-unsaturated/α-hetero) is 3. The molecule has 0 radical (unpaired) electrons. The highest BCUT2D eigenvalue weighted by Crippen LogP contribution is 2.65. The van der Waals surface area contributed by atoms with E-state index in [1.54, 1.807) is 6.92 Å². The third-order valence-corrected chi connectivity index (χ3v) is 9.29. The van der Waals surface area contributed by atoms with Gasteiger partial charge in [0.15, 0.2) is 17.2 Å². The van der Waals surface area contributed by atoms with Gasteiger partial charge in [-0.2, -0.15) is 0 Å². The van der Waals surface area contributed by atoms with E-state index >= 15 is 0 Å². The van der Waals surface area contributed by atoms with Crippen LogP contribution < -0.4 is 0 Å². The molecule has 4 N–H and O–H groups in total. The number of carbonyl (C=O) groups excluding carboxylic acids is 3. The van der Waals surface area contributed by atoms with Gasteiger partial charge in [0.25, 0.3) is 0 Å². The highest BCUT2D eigenvalue weighted by atomic mass is 16.3. The minimum atomic E-state index is -2.58. The lowest BCUT2D eigenvalue weighted by Crippen LogP contribution is -2.67. The van der Waals surface area contributed by atoms with Crippen LogP contribution in [0.15, 0.2) is 34.8 Å². The number of aromatic hydroxyl groups is 1. The van der Waals surface area contributed by atoms with Crippen molar-refractivity contribution in [2.75, 3.05) is 0 Å². The van der Waals surface area contributed by atoms with Crippen LogP contribution in [0.5, 0.6) is 5.75 Å². The first kappa shape index (κ1) is 28.1. The number of benzene rings is 1. The Bertz CT molecular complexity index is 1290. The van der Waals surface area contributed by atoms with Gasteiger partial charge in [-0.15, -0.1) is 0 Å². The molecule has 0 spiro atoms. The zero-order chi connectivity index (χ0) is 28.4. The Kier molecular flexibility index (Phi) is 6.92. The molecule has 0 aromatic heterocycles. The molecular formula is C31H40O7. The highest BCUT2D eigenvalue weighted by Gasteiger charge is 2.71. The summed E-state index contributed by atoms with van der Waals surface area (Å²) in [6.45, 7) is 10.4. The van der Waals surface area contributed by atoms with E-state index in [2.05, 4.69) is 6.92 Å². The first-order chi connectivity index (χ1) is 17.7. The smallest absolute Gasteiger partial charge is 0.209 e. The molecule has 38 heavy (non-hydrogen) atoms. The normalized spacial score (nSPS) is 30.9. The first-order valence-electron chi connectivity index (χ1n) is 13.7. The number of unbranched alkanes of at least 4 members (excludes halogenated alkanes) is 3. The molecule has 0 heterocycles. The van der Waals surface area contributed by atoms with E-state index in [4.69, 9.17) is 0 Å². The van der Waals surface area contributed by atoms with Crippen molar-refractivity contribution in [3.05, 3.63) is 51.5 Å². The lowest BCUT2D eigenvalue weighted by Gasteiger charge is -2.59. The molecule has 7 heteroatoms. The molecule has 0 saturated carbocycles. The predicted molar refractivity (Wildman–Crippen MR) is 143 cm³/mol. The largest absolute Gasteiger partial charge is 0.511 e. The molecule has 0 amide bonds. The molecule has 3 aliphatic rings. The lowest BCUT2D eigenvalue weighted by atomic mass is 9.44. The van der Waals surface area contributed by atoms with Crippen molar-refractivity contribution in [2.24, 2.45) is 22.7 Å². The van der Waals surface area contributed by atoms with Gasteiger partial charge in [-0.3, -0.25) is 14.4 Å². The summed E-state index contributed by atoms with van der Waals surface area (Å²) >= 11 is 0. The Hall–Kier alpha value is -2.93. The molecular weight excluding hydrogens is 484 g/mol. The van der Waals surface area contributed by atoms with Gasteiger partial charge in [-0.25, -0.2) is 0 Å². The van der Waals surface area contributed by atoms with Crippen molar-refractivity contribution in [1.82, 2.24) is 0 Å². The fraction of sp³-hybridized carbons (Fsp3) is 0.581. The Morgan fingerprint density at radius 1 is 1.08 bits per heavy atom. The number of phenols is 1. The average molecular weight is 525 g/mol. The van der Waals surface area contributed by atoms with Gasteiger partial charge in [-0.1, -0.05) is 59.9 Å². The fourth-order valence-electron chi connectivity index (χ4n) is 7.77. The van der Waals surface area contributed by atoms with Crippen molar-refractivity contribution in [3.8, 4) is 5.75 Å². The van der Waals surface area contributed by atoms with E-state index in [1.807, 2.05) is 26.8 Å². The average Bonchev–Trinajstić information content (AvgIpc) is 2.79. The molecule has 1 unspecified atom stereocenters. The van der Waals surface area contributed by atoms with Crippen LogP contribution in [-0.4, -0.2) is 43.4 Å². The number of rotatable bonds is 7. The highest BCUT2D eigenvalue weighted by molar-refractivity contribution is 6.25. The number of aryl methyl sites for hydroxylation is 1. The summed E-state index contributed by atoms with van der Waals surface area (Å²) in [7, 11) is 0. The Labute approximate surface area is 224 Å². The van der Waals surface area contributed by atoms with Gasteiger partial charge in [-0.05, 0) is 55.7 Å². The Morgan fingerprint density at radius 2 is 1.74 bits per heavy atom. The predicted octanol–water partition coefficient (Wildman–Crippen LogP) is 5.47. The maximum absolute atomic E-state index is 14.0. The van der Waals surface area contributed by atoms with Crippen LogP contribution in [0.4, 0.5) is 0 Å². The van der Waals surface area contributed by atoms with Gasteiger partial charge >= 0.3 is 0 Å². The molecule has 0 fully saturated rings. The monoisotopic (exact) mass is 524 g/mol. The zero-order valence-corrected chi connectivity index (χ0v) is 23.3. The number of phenolic OH excluding ortho intramolecular Hbond substituents is 1. The van der Waals surface area contributed by atoms with Crippen molar-refractivity contribution in [2.45, 2.75) is 92.1 Å². The van der Waals surface area contributed by atoms with Crippen LogP contribution in [0.2, 0.25) is 0 Å². The number of allylic oxidation sites excluding steroid dienone is 2. The molecule has 4 atom stereocenters. The maximum atomic E-state index is 14.0. The molecule has 206 valence electrons. The number of hydrogen-bond acceptors (Lipinski definition) is 7. The van der Waals surface area contributed by atoms with E-state index in [0.29, 0.717) is 6.42 Å². The minimum Gasteiger partial charge on any atom is -0.511 e. The van der Waals surface area contributed by atoms with Crippen LogP contribution in [0.25, 0.3) is 0 Å². The van der Waals surface area contributed by atoms with Crippen LogP contribution in [-0.2, 0) is 22.4 Å². The second-order valence-electron chi connectivity index (χ2n) is 12.4. The number of hydrogen-bond donors (Lipinski definition) is 4. The van der Waals surface area contributed by atoms with Crippen molar-refractivity contribution < 1.29 is 34.8 Å². The van der Waals surface area contributed by atoms with Crippen molar-refractivity contribution in [3.63, 3.8) is 0 Å². The van der Waals surface area contributed by atoms with E-state index < -0.39 is 51.0 Å². The molecule has 0 aliphatic heterocycles. The quantitative estimate of drug-likeness (QED) is 0.275. The number of carbonyl (C=O) groups is 3. The number of aliphatic hydroxyl groups excluding tert-OH is 2. The minimum absolute atomic E-state index is 0.0954. The Balaban J connectivity index is 1.96. The van der Waals surface area contributed by atoms with Crippen LogP contribution in [0.3, 0.4) is 0 Å². The third kappa shape index (κ3) is 3.69. The van der Waals surface area contributed by atoms with Crippen LogP contribution in [0, 0.1) is 22.7 Å². The van der Waals surface area contributed by atoms with Crippen molar-refractivity contribution in [1.29, 1.82) is 0 Å². The summed E-state index contributed by atoms with van der Waals surface area (Å²) in [4.78, 5) is 40.2. The summed E-state index contributed by atoms with van der Waals surface area (Å²) in [6, 6.07) is 3.34. The zero-order valence-electron chi connectivity index (χ0n) is 23.3. The van der Waals surface area contributed by atoms with Gasteiger partial charge < -0.3 is 20.4 Å². The molecule has 1 aromatic rings. The number of ketones is 3. The Morgan fingerprint density at radius 3 is 2.32 bits per heavy atom. The van der Waals surface area contributed by atoms with E-state index in [-0.39, 0.29) is 35.0 Å². The third-order valence-electron chi connectivity index (χ3n) is 9.29. The van der Waals surface area contributed by atoms with Crippen LogP contribution >= 0.6 is 0 Å². The number of aliphatic hydroxyl groups is 3. The van der Waals surface area contributed by atoms with Gasteiger partial charge in [0.1, 0.15) is 22.8 Å². The SMILES string of the molecule is CCCCCCc1ccc(O)c2c1C[C@]1(C)C[C@]3(C)C(C(C)C)C(O)=C(C(C)=O)C(=O)[C@]3(O)C(O)=C1C2=O. The van der Waals surface area contributed by atoms with Gasteiger partial charge in [0.05, 0.1) is 5.56 Å². The van der Waals surface area contributed by atoms with Gasteiger partial charge in [0.2, 0.25) is 5.78 Å². The summed E-state index contributed by atoms with van der Waals surface area (Å²) in [5.41, 5.74) is -3.82. The molecule has 1 aromatic carbocycles. The summed E-state index contributed by atoms with van der Waals surface area (Å²) in [5.74, 6) is -4.91. The molecule has 3 aliphatic carbocycles. The molecule has 7 nitrogen and oxygen atoms in total. The van der Waals surface area contributed by atoms with E-state index in [0.717, 1.165) is 50.2 Å². The molecule has 4 rings (SSSR count). The van der Waals surface area contributed by atoms with E-state index in [1.165, 1.54) is 6.07 Å². The standard InChI is InChI=1S/C31H40O7/c1-7-8-9-10-11-18-12-13-20(33)22-19(18)14-29(5)15-30(6)23(16(2)3)25(34)21(17(4)32)27(36)31(30,38)28(37)24(29)26(22)35/h12-13,16,23,33-34,37-38H,7-11,14-15H2,1-6H3/t23?,29-,30-,31+/m1/s1. The summed E-state index contributed by atoms with van der Waals surface area (Å²) in [5, 5.41) is 45.7. The topological polar surface area (TPSA) is 132 Å². The number of fused-ring (bicyclic) bond motifs is 3. The maximum Gasteiger partial charge on any atom is 0.209 e. The van der Waals surface area contributed by atoms with Crippen molar-refractivity contribution >= 4 is 17.3 Å². The second-order valence-corrected chi connectivity index (χ2v) is 12.4. The van der Waals surface area contributed by atoms with Gasteiger partial charge in [0, 0.05) is 22.3 Å². The molecule has 0 saturated heterocycles. The summed E-state index contributed by atoms with van der Waals surface area (Å²) < 4.78 is 0. The van der Waals surface area contributed by atoms with E-state index in [9.17, 15) is 34.8 Å². The fourth-order valence-corrected chi connectivity index (χ4v) is 7.77.